The smallest absolute Gasteiger partial charge is 0.163 e. The zero-order chi connectivity index (χ0) is 20.1. The summed E-state index contributed by atoms with van der Waals surface area (Å²) in [6.07, 6.45) is 1.38. The summed E-state index contributed by atoms with van der Waals surface area (Å²) in [4.78, 5) is 8.51. The van der Waals surface area contributed by atoms with E-state index in [2.05, 4.69) is 20.6 Å². The second kappa shape index (κ2) is 8.71. The van der Waals surface area contributed by atoms with Crippen LogP contribution in [0.2, 0.25) is 0 Å². The second-order valence-electron chi connectivity index (χ2n) is 6.14. The molecule has 0 amide bonds. The lowest BCUT2D eigenvalue weighted by atomic mass is 10.1. The lowest BCUT2D eigenvalue weighted by molar-refractivity contribution is 0.294. The number of aromatic hydroxyl groups is 1. The van der Waals surface area contributed by atoms with Crippen molar-refractivity contribution in [3.05, 3.63) is 42.0 Å². The van der Waals surface area contributed by atoms with Gasteiger partial charge in [0.25, 0.3) is 0 Å². The molecule has 0 bridgehead atoms. The molecule has 0 aliphatic carbocycles. The minimum Gasteiger partial charge on any atom is -0.508 e. The molecule has 28 heavy (non-hydrogen) atoms. The Labute approximate surface area is 162 Å². The topological polar surface area (TPSA) is 88.5 Å². The number of hydrogen-bond acceptors (Lipinski definition) is 7. The number of hydrogen-bond donors (Lipinski definition) is 3. The lowest BCUT2D eigenvalue weighted by Crippen LogP contribution is -2.20. The lowest BCUT2D eigenvalue weighted by Gasteiger charge is -2.15. The second-order valence-corrected chi connectivity index (χ2v) is 6.14. The number of anilines is 2. The van der Waals surface area contributed by atoms with Crippen LogP contribution in [0.1, 0.15) is 12.5 Å². The maximum atomic E-state index is 14.3. The van der Waals surface area contributed by atoms with Crippen molar-refractivity contribution >= 4 is 22.4 Å². The van der Waals surface area contributed by atoms with Gasteiger partial charge in [-0.05, 0) is 31.7 Å². The van der Waals surface area contributed by atoms with E-state index in [0.717, 1.165) is 6.54 Å². The van der Waals surface area contributed by atoms with Crippen LogP contribution in [-0.4, -0.2) is 41.9 Å². The van der Waals surface area contributed by atoms with Crippen LogP contribution in [0.15, 0.2) is 30.6 Å². The number of fused-ring (bicyclic) bond motifs is 1. The summed E-state index contributed by atoms with van der Waals surface area (Å²) >= 11 is 0. The van der Waals surface area contributed by atoms with E-state index in [9.17, 15) is 9.50 Å². The van der Waals surface area contributed by atoms with Crippen LogP contribution >= 0.6 is 0 Å². The van der Waals surface area contributed by atoms with Crippen molar-refractivity contribution in [3.63, 3.8) is 0 Å². The average Bonchev–Trinajstić information content (AvgIpc) is 2.71. The molecule has 7 nitrogen and oxygen atoms in total. The molecule has 0 saturated heterocycles. The molecule has 3 N–H and O–H groups in total. The van der Waals surface area contributed by atoms with Crippen molar-refractivity contribution in [1.29, 1.82) is 0 Å². The molecule has 0 atom stereocenters. The van der Waals surface area contributed by atoms with E-state index in [1.807, 2.05) is 6.92 Å². The molecule has 3 aromatic rings. The Kier molecular flexibility index (Phi) is 6.10. The number of phenols is 1. The number of methoxy groups -OCH3 is 1. The van der Waals surface area contributed by atoms with Crippen LogP contribution in [0.25, 0.3) is 10.9 Å². The third kappa shape index (κ3) is 4.07. The van der Waals surface area contributed by atoms with Crippen LogP contribution in [0.4, 0.5) is 15.9 Å². The predicted octanol–water partition coefficient (Wildman–Crippen LogP) is 3.52. The molecule has 8 heteroatoms. The van der Waals surface area contributed by atoms with Crippen LogP contribution in [0.3, 0.4) is 0 Å². The number of ether oxygens (including phenoxy) is 2. The molecular formula is C20H23FN4O3. The first-order chi connectivity index (χ1) is 13.5. The van der Waals surface area contributed by atoms with Gasteiger partial charge in [0.1, 0.15) is 30.3 Å². The van der Waals surface area contributed by atoms with Gasteiger partial charge in [0.05, 0.1) is 18.3 Å². The van der Waals surface area contributed by atoms with Gasteiger partial charge in [0.15, 0.2) is 11.5 Å². The van der Waals surface area contributed by atoms with Crippen molar-refractivity contribution in [2.45, 2.75) is 13.8 Å². The van der Waals surface area contributed by atoms with Gasteiger partial charge in [-0.3, -0.25) is 0 Å². The molecule has 0 aliphatic rings. The van der Waals surface area contributed by atoms with E-state index in [-0.39, 0.29) is 11.4 Å². The van der Waals surface area contributed by atoms with Crippen LogP contribution in [0.5, 0.6) is 17.2 Å². The van der Waals surface area contributed by atoms with Gasteiger partial charge in [-0.15, -0.1) is 0 Å². The van der Waals surface area contributed by atoms with Gasteiger partial charge in [-0.1, -0.05) is 6.92 Å². The summed E-state index contributed by atoms with van der Waals surface area (Å²) in [5, 5.41) is 16.7. The zero-order valence-corrected chi connectivity index (χ0v) is 16.0. The summed E-state index contributed by atoms with van der Waals surface area (Å²) in [5.74, 6) is 0.996. The number of halogens is 1. The SMILES string of the molecule is CCNCCOc1cc2ncnc(Nc3c(F)ccc(O)c3C)c2cc1OC. The van der Waals surface area contributed by atoms with E-state index >= 15 is 0 Å². The molecule has 148 valence electrons. The standard InChI is InChI=1S/C20H23FN4O3/c1-4-22-7-8-28-18-10-15-13(9-17(18)27-3)20(24-11-23-15)25-19-12(2)16(26)6-5-14(19)21/h5-6,9-11,22,26H,4,7-8H2,1-3H3,(H,23,24,25). The summed E-state index contributed by atoms with van der Waals surface area (Å²) in [6.45, 7) is 5.72. The quantitative estimate of drug-likeness (QED) is 0.511. The van der Waals surface area contributed by atoms with E-state index in [4.69, 9.17) is 9.47 Å². The number of rotatable bonds is 8. The first kappa shape index (κ1) is 19.6. The number of aromatic nitrogens is 2. The molecule has 2 aromatic carbocycles. The Morgan fingerprint density at radius 3 is 2.75 bits per heavy atom. The molecule has 0 radical (unpaired) electrons. The third-order valence-corrected chi connectivity index (χ3v) is 4.34. The molecule has 0 saturated carbocycles. The largest absolute Gasteiger partial charge is 0.508 e. The monoisotopic (exact) mass is 386 g/mol. The number of nitrogens with one attached hydrogen (secondary N) is 2. The summed E-state index contributed by atoms with van der Waals surface area (Å²) in [5.41, 5.74) is 1.17. The molecule has 3 rings (SSSR count). The van der Waals surface area contributed by atoms with Gasteiger partial charge in [0.2, 0.25) is 0 Å². The van der Waals surface area contributed by atoms with Gasteiger partial charge in [-0.2, -0.15) is 0 Å². The van der Waals surface area contributed by atoms with Crippen molar-refractivity contribution in [3.8, 4) is 17.2 Å². The molecule has 0 unspecified atom stereocenters. The van der Waals surface area contributed by atoms with Gasteiger partial charge in [-0.25, -0.2) is 14.4 Å². The van der Waals surface area contributed by atoms with Gasteiger partial charge in [0, 0.05) is 23.6 Å². The molecule has 0 aliphatic heterocycles. The number of benzene rings is 2. The maximum absolute atomic E-state index is 14.3. The Hall–Kier alpha value is -3.13. The van der Waals surface area contributed by atoms with Gasteiger partial charge < -0.3 is 25.2 Å². The summed E-state index contributed by atoms with van der Waals surface area (Å²) in [6, 6.07) is 6.02. The predicted molar refractivity (Wildman–Crippen MR) is 106 cm³/mol. The molecule has 1 aromatic heterocycles. The van der Waals surface area contributed by atoms with Crippen LogP contribution in [0, 0.1) is 12.7 Å². The van der Waals surface area contributed by atoms with Crippen molar-refractivity contribution in [1.82, 2.24) is 15.3 Å². The Morgan fingerprint density at radius 1 is 1.18 bits per heavy atom. The van der Waals surface area contributed by atoms with E-state index in [0.29, 0.717) is 46.9 Å². The highest BCUT2D eigenvalue weighted by molar-refractivity contribution is 5.93. The Morgan fingerprint density at radius 2 is 2.00 bits per heavy atom. The van der Waals surface area contributed by atoms with Gasteiger partial charge >= 0.3 is 0 Å². The number of likely N-dealkylation sites (N-methyl/N-ethyl adjacent to an activating group) is 1. The normalized spacial score (nSPS) is 10.9. The fraction of sp³-hybridized carbons (Fsp3) is 0.300. The zero-order valence-electron chi connectivity index (χ0n) is 16.0. The highest BCUT2D eigenvalue weighted by Gasteiger charge is 2.15. The minimum atomic E-state index is -0.489. The van der Waals surface area contributed by atoms with Crippen LogP contribution < -0.4 is 20.1 Å². The summed E-state index contributed by atoms with van der Waals surface area (Å²) < 4.78 is 25.5. The maximum Gasteiger partial charge on any atom is 0.163 e. The molecule has 0 fully saturated rings. The molecule has 1 heterocycles. The first-order valence-corrected chi connectivity index (χ1v) is 8.96. The Balaban J connectivity index is 1.98. The molecular weight excluding hydrogens is 363 g/mol. The highest BCUT2D eigenvalue weighted by atomic mass is 19.1. The minimum absolute atomic E-state index is 0.00350. The Bertz CT molecular complexity index is 981. The molecule has 0 spiro atoms. The van der Waals surface area contributed by atoms with Crippen molar-refractivity contribution < 1.29 is 19.0 Å². The average molecular weight is 386 g/mol. The highest BCUT2D eigenvalue weighted by Crippen LogP contribution is 2.36. The van der Waals surface area contributed by atoms with E-state index < -0.39 is 5.82 Å². The van der Waals surface area contributed by atoms with Crippen molar-refractivity contribution in [2.24, 2.45) is 0 Å². The third-order valence-electron chi connectivity index (χ3n) is 4.34. The van der Waals surface area contributed by atoms with E-state index in [1.54, 1.807) is 26.2 Å². The van der Waals surface area contributed by atoms with Crippen LogP contribution in [-0.2, 0) is 0 Å². The summed E-state index contributed by atoms with van der Waals surface area (Å²) in [7, 11) is 1.55. The van der Waals surface area contributed by atoms with E-state index in [1.165, 1.54) is 18.5 Å². The van der Waals surface area contributed by atoms with Crippen molar-refractivity contribution in [2.75, 3.05) is 32.1 Å². The number of nitrogens with zero attached hydrogens (tertiary/aromatic N) is 2. The fourth-order valence-electron chi connectivity index (χ4n) is 2.79. The number of phenolic OH excluding ortho intramolecular Hbond substituents is 1. The first-order valence-electron chi connectivity index (χ1n) is 8.96. The fourth-order valence-corrected chi connectivity index (χ4v) is 2.79.